The molecule has 2 aromatic carbocycles. The van der Waals surface area contributed by atoms with Crippen molar-refractivity contribution in [3.63, 3.8) is 0 Å². The van der Waals surface area contributed by atoms with Crippen LogP contribution in [0.3, 0.4) is 0 Å². The lowest BCUT2D eigenvalue weighted by Gasteiger charge is -2.24. The molecule has 4 aliphatic carbocycles. The number of Topliss-reactive ketones (excluding diaryl/α,β-unsaturated/α-hetero) is 1. The largest absolute Gasteiger partial charge is 0.299 e. The van der Waals surface area contributed by atoms with Crippen LogP contribution < -0.4 is 0 Å². The molecule has 3 saturated carbocycles. The molecule has 24 heavy (non-hydrogen) atoms. The summed E-state index contributed by atoms with van der Waals surface area (Å²) < 4.78 is 0. The molecule has 1 aromatic heterocycles. The standard InChI is InChI=1S/C22H17NO/c24-18-9-14-13-8-15-19(14)16-6-12-5-10-3-1-2-4-11(10)7-17(12)23-22(16)21(15)20(13)18/h1-7,13-15,19-21H,8-9H2. The molecule has 2 nitrogen and oxygen atoms in total. The first-order chi connectivity index (χ1) is 11.8. The van der Waals surface area contributed by atoms with Gasteiger partial charge in [0.15, 0.2) is 0 Å². The summed E-state index contributed by atoms with van der Waals surface area (Å²) in [6, 6.07) is 15.4. The Labute approximate surface area is 139 Å². The highest BCUT2D eigenvalue weighted by Gasteiger charge is 2.68. The lowest BCUT2D eigenvalue weighted by atomic mass is 9.78. The van der Waals surface area contributed by atoms with Crippen molar-refractivity contribution in [2.45, 2.75) is 24.7 Å². The summed E-state index contributed by atoms with van der Waals surface area (Å²) in [7, 11) is 0. The maximum absolute atomic E-state index is 12.5. The first-order valence-corrected chi connectivity index (χ1v) is 9.16. The highest BCUT2D eigenvalue weighted by Crippen LogP contribution is 2.73. The summed E-state index contributed by atoms with van der Waals surface area (Å²) in [5.41, 5.74) is 3.85. The van der Waals surface area contributed by atoms with Crippen LogP contribution in [0.25, 0.3) is 21.7 Å². The smallest absolute Gasteiger partial charge is 0.137 e. The van der Waals surface area contributed by atoms with Crippen LogP contribution >= 0.6 is 0 Å². The summed E-state index contributed by atoms with van der Waals surface area (Å²) in [5, 5.41) is 3.80. The van der Waals surface area contributed by atoms with E-state index in [1.807, 2.05) is 0 Å². The van der Waals surface area contributed by atoms with Crippen LogP contribution in [0.4, 0.5) is 0 Å². The van der Waals surface area contributed by atoms with E-state index < -0.39 is 0 Å². The number of benzene rings is 2. The van der Waals surface area contributed by atoms with Gasteiger partial charge in [0.2, 0.25) is 0 Å². The number of pyridine rings is 1. The number of aromatic nitrogens is 1. The molecule has 0 spiro atoms. The molecule has 116 valence electrons. The number of ketones is 1. The predicted molar refractivity (Wildman–Crippen MR) is 92.9 cm³/mol. The molecule has 0 radical (unpaired) electrons. The van der Waals surface area contributed by atoms with Gasteiger partial charge in [-0.25, -0.2) is 0 Å². The Morgan fingerprint density at radius 2 is 1.67 bits per heavy atom. The predicted octanol–water partition coefficient (Wildman–Crippen LogP) is 4.42. The Kier molecular flexibility index (Phi) is 1.89. The van der Waals surface area contributed by atoms with Gasteiger partial charge in [-0.05, 0) is 64.6 Å². The monoisotopic (exact) mass is 311 g/mol. The number of hydrogen-bond donors (Lipinski definition) is 0. The molecule has 0 N–H and O–H groups in total. The van der Waals surface area contributed by atoms with Gasteiger partial charge >= 0.3 is 0 Å². The van der Waals surface area contributed by atoms with Crippen molar-refractivity contribution < 1.29 is 4.79 Å². The molecule has 2 heteroatoms. The maximum atomic E-state index is 12.5. The quantitative estimate of drug-likeness (QED) is 0.575. The first kappa shape index (κ1) is 12.2. The highest BCUT2D eigenvalue weighted by molar-refractivity contribution is 5.97. The molecule has 0 aliphatic heterocycles. The summed E-state index contributed by atoms with van der Waals surface area (Å²) in [6.45, 7) is 0. The van der Waals surface area contributed by atoms with E-state index in [0.717, 1.165) is 11.9 Å². The molecule has 0 saturated heterocycles. The third kappa shape index (κ3) is 1.18. The van der Waals surface area contributed by atoms with Crippen LogP contribution in [-0.4, -0.2) is 10.8 Å². The average molecular weight is 311 g/mol. The van der Waals surface area contributed by atoms with E-state index >= 15 is 0 Å². The molecule has 6 unspecified atom stereocenters. The van der Waals surface area contributed by atoms with Gasteiger partial charge in [-0.2, -0.15) is 0 Å². The molecule has 7 rings (SSSR count). The molecule has 6 atom stereocenters. The van der Waals surface area contributed by atoms with Crippen molar-refractivity contribution in [2.24, 2.45) is 23.7 Å². The van der Waals surface area contributed by atoms with Crippen molar-refractivity contribution in [3.8, 4) is 0 Å². The van der Waals surface area contributed by atoms with Crippen LogP contribution in [0.15, 0.2) is 42.5 Å². The van der Waals surface area contributed by atoms with Crippen LogP contribution in [0.5, 0.6) is 0 Å². The second-order valence-corrected chi connectivity index (χ2v) is 8.33. The third-order valence-electron chi connectivity index (χ3n) is 7.55. The van der Waals surface area contributed by atoms with Crippen molar-refractivity contribution in [3.05, 3.63) is 53.7 Å². The zero-order valence-electron chi connectivity index (χ0n) is 13.3. The first-order valence-electron chi connectivity index (χ1n) is 9.16. The van der Waals surface area contributed by atoms with Crippen LogP contribution in [-0.2, 0) is 4.79 Å². The second kappa shape index (κ2) is 3.72. The summed E-state index contributed by atoms with van der Waals surface area (Å²) in [6.07, 6.45) is 2.10. The van der Waals surface area contributed by atoms with Crippen molar-refractivity contribution in [1.82, 2.24) is 4.98 Å². The number of rotatable bonds is 0. The van der Waals surface area contributed by atoms with Crippen molar-refractivity contribution in [1.29, 1.82) is 0 Å². The normalized spacial score (nSPS) is 37.8. The molecule has 3 aromatic rings. The summed E-state index contributed by atoms with van der Waals surface area (Å²) >= 11 is 0. The zero-order valence-corrected chi connectivity index (χ0v) is 13.3. The van der Waals surface area contributed by atoms with Crippen molar-refractivity contribution >= 4 is 27.5 Å². The van der Waals surface area contributed by atoms with Gasteiger partial charge in [-0.1, -0.05) is 24.3 Å². The van der Waals surface area contributed by atoms with Crippen LogP contribution in [0.1, 0.15) is 35.9 Å². The minimum absolute atomic E-state index is 0.294. The van der Waals surface area contributed by atoms with E-state index in [2.05, 4.69) is 42.5 Å². The lowest BCUT2D eigenvalue weighted by molar-refractivity contribution is -0.121. The average Bonchev–Trinajstić information content (AvgIpc) is 3.24. The van der Waals surface area contributed by atoms with E-state index in [0.29, 0.717) is 41.3 Å². The van der Waals surface area contributed by atoms with E-state index in [1.165, 1.54) is 33.8 Å². The lowest BCUT2D eigenvalue weighted by Crippen LogP contribution is -2.21. The molecule has 0 amide bonds. The Morgan fingerprint density at radius 1 is 0.833 bits per heavy atom. The van der Waals surface area contributed by atoms with Crippen LogP contribution in [0, 0.1) is 23.7 Å². The third-order valence-corrected chi connectivity index (χ3v) is 7.55. The molecule has 1 heterocycles. The number of carbonyl (C=O) groups is 1. The van der Waals surface area contributed by atoms with E-state index in [1.54, 1.807) is 0 Å². The molecular weight excluding hydrogens is 294 g/mol. The molecule has 2 bridgehead atoms. The van der Waals surface area contributed by atoms with Gasteiger partial charge in [0.1, 0.15) is 5.78 Å². The van der Waals surface area contributed by atoms with Gasteiger partial charge in [0, 0.05) is 29.3 Å². The Bertz CT molecular complexity index is 1080. The minimum atomic E-state index is 0.294. The van der Waals surface area contributed by atoms with Gasteiger partial charge in [0.05, 0.1) is 5.52 Å². The fourth-order valence-corrected chi connectivity index (χ4v) is 6.88. The maximum Gasteiger partial charge on any atom is 0.137 e. The van der Waals surface area contributed by atoms with Gasteiger partial charge in [-0.15, -0.1) is 0 Å². The number of fused-ring (bicyclic) bond motifs is 7. The van der Waals surface area contributed by atoms with Gasteiger partial charge in [0.25, 0.3) is 0 Å². The number of hydrogen-bond acceptors (Lipinski definition) is 2. The van der Waals surface area contributed by atoms with E-state index in [-0.39, 0.29) is 0 Å². The Balaban J connectivity index is 1.54. The SMILES string of the molecule is O=C1CC2C3CC4C2c2cc5cc6ccccc6cc5nc2C4C13. The molecular formula is C22H17NO. The summed E-state index contributed by atoms with van der Waals surface area (Å²) in [4.78, 5) is 17.6. The number of nitrogens with zero attached hydrogens (tertiary/aromatic N) is 1. The Hall–Kier alpha value is -2.22. The van der Waals surface area contributed by atoms with E-state index in [4.69, 9.17) is 4.98 Å². The zero-order chi connectivity index (χ0) is 15.6. The fourth-order valence-electron chi connectivity index (χ4n) is 6.88. The topological polar surface area (TPSA) is 30.0 Å². The highest BCUT2D eigenvalue weighted by atomic mass is 16.1. The van der Waals surface area contributed by atoms with E-state index in [9.17, 15) is 4.79 Å². The number of carbonyl (C=O) groups excluding carboxylic acids is 1. The summed E-state index contributed by atoms with van der Waals surface area (Å²) in [5.74, 6) is 3.84. The van der Waals surface area contributed by atoms with Crippen molar-refractivity contribution in [2.75, 3.05) is 0 Å². The van der Waals surface area contributed by atoms with Crippen LogP contribution in [0.2, 0.25) is 0 Å². The second-order valence-electron chi connectivity index (χ2n) is 8.33. The fraction of sp³-hybridized carbons (Fsp3) is 0.364. The Morgan fingerprint density at radius 3 is 2.54 bits per heavy atom. The van der Waals surface area contributed by atoms with Gasteiger partial charge in [-0.3, -0.25) is 9.78 Å². The molecule has 3 fully saturated rings. The molecule has 4 aliphatic rings. The van der Waals surface area contributed by atoms with Gasteiger partial charge < -0.3 is 0 Å². The minimum Gasteiger partial charge on any atom is -0.299 e.